The van der Waals surface area contributed by atoms with E-state index in [1.54, 1.807) is 0 Å². The molecule has 1 heterocycles. The van der Waals surface area contributed by atoms with Gasteiger partial charge < -0.3 is 4.90 Å². The zero-order valence-corrected chi connectivity index (χ0v) is 10.8. The van der Waals surface area contributed by atoms with Crippen molar-refractivity contribution in [3.8, 4) is 0 Å². The van der Waals surface area contributed by atoms with E-state index in [0.29, 0.717) is 6.07 Å². The summed E-state index contributed by atoms with van der Waals surface area (Å²) in [6.07, 6.45) is -11.1. The molecule has 0 bridgehead atoms. The lowest BCUT2D eigenvalue weighted by molar-refractivity contribution is 0.208. The molecule has 0 aromatic heterocycles. The Balaban J connectivity index is 3.07. The van der Waals surface area contributed by atoms with Gasteiger partial charge in [0, 0.05) is 34.7 Å². The molecule has 0 aliphatic carbocycles. The van der Waals surface area contributed by atoms with E-state index >= 15 is 0 Å². The SMILES string of the molecule is [2H]C([2H])([2H])C([2H])([2H])C([2H])([2H])N1C([2H])([2H])C([2H])([2H])C([2H])([2H])[C@]([2H])(c2cccc(S(C)(=O)=O)c2)C1([2H])[2H]. The highest BCUT2D eigenvalue weighted by Crippen LogP contribution is 2.28. The Labute approximate surface area is 139 Å². The van der Waals surface area contributed by atoms with Crippen molar-refractivity contribution in [2.75, 3.05) is 25.7 Å². The average molecular weight is 298 g/mol. The molecule has 1 saturated heterocycles. The maximum Gasteiger partial charge on any atom is 0.175 e. The number of sulfone groups is 1. The van der Waals surface area contributed by atoms with Crippen molar-refractivity contribution in [1.82, 2.24) is 4.90 Å². The third-order valence-corrected chi connectivity index (χ3v) is 3.41. The number of benzene rings is 1. The van der Waals surface area contributed by atoms with Crippen LogP contribution < -0.4 is 0 Å². The fraction of sp³-hybridized carbons (Fsp3) is 0.600. The molecule has 3 nitrogen and oxygen atoms in total. The Morgan fingerprint density at radius 1 is 1.63 bits per heavy atom. The predicted molar refractivity (Wildman–Crippen MR) is 78.3 cm³/mol. The molecular formula is C15H23NO2S. The molecule has 0 N–H and O–H groups in total. The molecule has 0 saturated carbocycles. The van der Waals surface area contributed by atoms with Crippen LogP contribution in [0.2, 0.25) is 0 Å². The van der Waals surface area contributed by atoms with Crippen LogP contribution >= 0.6 is 0 Å². The molecule has 106 valence electrons. The van der Waals surface area contributed by atoms with Crippen LogP contribution in [-0.4, -0.2) is 39.1 Å². The van der Waals surface area contributed by atoms with Crippen LogP contribution in [0.1, 0.15) is 59.4 Å². The summed E-state index contributed by atoms with van der Waals surface area (Å²) in [6.45, 7) is -16.1. The lowest BCUT2D eigenvalue weighted by Crippen LogP contribution is -2.34. The minimum atomic E-state index is -4.18. The van der Waals surface area contributed by atoms with Gasteiger partial charge in [-0.05, 0) is 55.7 Å². The fourth-order valence-corrected chi connectivity index (χ4v) is 2.11. The monoisotopic (exact) mass is 297 g/mol. The lowest BCUT2D eigenvalue weighted by atomic mass is 9.90. The summed E-state index contributed by atoms with van der Waals surface area (Å²) in [5.41, 5.74) is -0.829. The average Bonchev–Trinajstić information content (AvgIpc) is 2.63. The first kappa shape index (κ1) is 4.31. The minimum absolute atomic E-state index is 0.533. The van der Waals surface area contributed by atoms with Crippen molar-refractivity contribution in [3.05, 3.63) is 29.8 Å². The first-order valence-electron chi connectivity index (χ1n) is 13.2. The molecule has 4 heteroatoms. The van der Waals surface area contributed by atoms with E-state index in [2.05, 4.69) is 0 Å². The molecular weight excluding hydrogens is 258 g/mol. The third-order valence-electron chi connectivity index (χ3n) is 2.30. The minimum Gasteiger partial charge on any atom is -0.303 e. The maximum atomic E-state index is 12.0. The van der Waals surface area contributed by atoms with Gasteiger partial charge in [0.15, 0.2) is 9.84 Å². The quantitative estimate of drug-likeness (QED) is 0.857. The Morgan fingerprint density at radius 3 is 3.21 bits per heavy atom. The molecule has 0 radical (unpaired) electrons. The van der Waals surface area contributed by atoms with Crippen LogP contribution in [0.3, 0.4) is 0 Å². The van der Waals surface area contributed by atoms with E-state index in [-0.39, 0.29) is 0 Å². The Bertz CT molecular complexity index is 1110. The molecule has 1 aromatic rings. The molecule has 1 atom stereocenters. The maximum absolute atomic E-state index is 12.0. The van der Waals surface area contributed by atoms with Gasteiger partial charge in [0.25, 0.3) is 0 Å². The van der Waals surface area contributed by atoms with E-state index in [4.69, 9.17) is 21.9 Å². The van der Waals surface area contributed by atoms with E-state index in [1.165, 1.54) is 0 Å². The van der Waals surface area contributed by atoms with Gasteiger partial charge in [-0.3, -0.25) is 0 Å². The number of piperidine rings is 1. The fourth-order valence-electron chi connectivity index (χ4n) is 1.44. The molecule has 0 spiro atoms. The normalized spacial score (nSPS) is 50.6. The third kappa shape index (κ3) is 3.80. The summed E-state index contributed by atoms with van der Waals surface area (Å²) >= 11 is 0. The highest BCUT2D eigenvalue weighted by atomic mass is 32.2. The van der Waals surface area contributed by atoms with Gasteiger partial charge >= 0.3 is 0 Å². The van der Waals surface area contributed by atoms with Crippen molar-refractivity contribution >= 4 is 9.84 Å². The van der Waals surface area contributed by atoms with Gasteiger partial charge in [-0.2, -0.15) is 0 Å². The summed E-state index contributed by atoms with van der Waals surface area (Å²) in [5.74, 6) is -3.64. The summed E-state index contributed by atoms with van der Waals surface area (Å²) in [7, 11) is -4.02. The van der Waals surface area contributed by atoms with Gasteiger partial charge in [-0.15, -0.1) is 0 Å². The molecule has 1 aliphatic heterocycles. The van der Waals surface area contributed by atoms with Gasteiger partial charge in [-0.1, -0.05) is 19.0 Å². The summed E-state index contributed by atoms with van der Waals surface area (Å²) < 4.78 is 154. The van der Waals surface area contributed by atoms with Crippen LogP contribution in [0.5, 0.6) is 0 Å². The van der Waals surface area contributed by atoms with Crippen LogP contribution in [0.25, 0.3) is 0 Å². The van der Waals surface area contributed by atoms with Crippen molar-refractivity contribution in [2.45, 2.75) is 36.8 Å². The van der Waals surface area contributed by atoms with E-state index in [1.807, 2.05) is 0 Å². The molecule has 0 unspecified atom stereocenters. The molecule has 19 heavy (non-hydrogen) atoms. The molecule has 2 rings (SSSR count). The Morgan fingerprint density at radius 2 is 2.47 bits per heavy atom. The van der Waals surface area contributed by atoms with Gasteiger partial charge in [0.2, 0.25) is 0 Å². The van der Waals surface area contributed by atoms with Crippen LogP contribution in [0.4, 0.5) is 0 Å². The first-order chi connectivity index (χ1) is 15.1. The van der Waals surface area contributed by atoms with E-state index in [0.717, 1.165) is 24.5 Å². The van der Waals surface area contributed by atoms with E-state index < -0.39 is 76.6 Å². The number of likely N-dealkylation sites (tertiary alicyclic amines) is 1. The summed E-state index contributed by atoms with van der Waals surface area (Å²) in [4.78, 5) is -1.27. The predicted octanol–water partition coefficient (Wildman–Crippen LogP) is 2.68. The summed E-state index contributed by atoms with van der Waals surface area (Å²) in [5, 5.41) is 0. The van der Waals surface area contributed by atoms with Gasteiger partial charge in [-0.25, -0.2) is 8.42 Å². The van der Waals surface area contributed by atoms with Crippen LogP contribution in [0.15, 0.2) is 29.2 Å². The number of nitrogens with zero attached hydrogens (tertiary/aromatic N) is 1. The summed E-state index contributed by atoms with van der Waals surface area (Å²) in [6, 6.07) is 3.53. The molecule has 1 aromatic carbocycles. The Hall–Kier alpha value is -0.870. The standard InChI is InChI=1S/C15H23NO2S/c1-3-9-16-10-5-7-14(12-16)13-6-4-8-15(11-13)19(2,17)18/h4,6,8,11,14H,3,5,7,9-10,12H2,1-2H3/t14-/m0/s1/i1D3,3D2,5D2,7D2,9D2,10D2,12D2,14D. The first-order valence-corrected chi connectivity index (χ1v) is 7.08. The van der Waals surface area contributed by atoms with Gasteiger partial charge in [0.05, 0.1) is 4.90 Å². The highest BCUT2D eigenvalue weighted by molar-refractivity contribution is 7.90. The number of rotatable bonds is 4. The second-order valence-corrected chi connectivity index (χ2v) is 5.74. The smallest absolute Gasteiger partial charge is 0.175 e. The Kier molecular flexibility index (Phi) is 1.37. The highest BCUT2D eigenvalue weighted by Gasteiger charge is 2.21. The van der Waals surface area contributed by atoms with Crippen molar-refractivity contribution in [3.63, 3.8) is 0 Å². The van der Waals surface area contributed by atoms with Crippen molar-refractivity contribution in [2.24, 2.45) is 0 Å². The second-order valence-electron chi connectivity index (χ2n) is 3.72. The molecule has 1 aliphatic rings. The van der Waals surface area contributed by atoms with E-state index in [9.17, 15) is 8.42 Å². The number of hydrogen-bond acceptors (Lipinski definition) is 3. The van der Waals surface area contributed by atoms with Crippen molar-refractivity contribution in [1.29, 1.82) is 0 Å². The van der Waals surface area contributed by atoms with Gasteiger partial charge in [0.1, 0.15) is 0 Å². The van der Waals surface area contributed by atoms with Crippen LogP contribution in [-0.2, 0) is 9.84 Å². The zero-order chi connectivity index (χ0) is 28.1. The second kappa shape index (κ2) is 6.06. The van der Waals surface area contributed by atoms with Crippen LogP contribution in [0, 0.1) is 0 Å². The number of hydrogen-bond donors (Lipinski definition) is 0. The molecule has 0 amide bonds. The zero-order valence-electron chi connectivity index (χ0n) is 26.0. The molecule has 1 fully saturated rings. The lowest BCUT2D eigenvalue weighted by Gasteiger charge is -2.32. The van der Waals surface area contributed by atoms with Crippen molar-refractivity contribution < 1.29 is 30.3 Å². The topological polar surface area (TPSA) is 37.4 Å². The largest absolute Gasteiger partial charge is 0.303 e.